The van der Waals surface area contributed by atoms with Crippen LogP contribution in [0, 0.1) is 0 Å². The van der Waals surface area contributed by atoms with Crippen molar-refractivity contribution < 1.29 is 30.7 Å². The summed E-state index contributed by atoms with van der Waals surface area (Å²) in [5.74, 6) is -0.759. The van der Waals surface area contributed by atoms with Gasteiger partial charge in [0.2, 0.25) is 0 Å². The number of hydrogen-bond donors (Lipinski definition) is 0. The van der Waals surface area contributed by atoms with E-state index in [0.717, 1.165) is 0 Å². The van der Waals surface area contributed by atoms with E-state index >= 15 is 0 Å². The zero-order chi connectivity index (χ0) is 17.7. The highest BCUT2D eigenvalue weighted by molar-refractivity contribution is 7.82. The van der Waals surface area contributed by atoms with Gasteiger partial charge in [0.05, 0.1) is 13.2 Å². The highest BCUT2D eigenvalue weighted by Gasteiger charge is 2.50. The van der Waals surface area contributed by atoms with Gasteiger partial charge in [0.1, 0.15) is 18.3 Å². The Morgan fingerprint density at radius 1 is 1.22 bits per heavy atom. The fourth-order valence-corrected chi connectivity index (χ4v) is 4.28. The Morgan fingerprint density at radius 3 is 2.30 bits per heavy atom. The molecule has 0 aliphatic carbocycles. The van der Waals surface area contributed by atoms with Gasteiger partial charge in [-0.1, -0.05) is 20.8 Å². The van der Waals surface area contributed by atoms with E-state index < -0.39 is 42.8 Å². The smallest absolute Gasteiger partial charge is 0.400 e. The van der Waals surface area contributed by atoms with Crippen molar-refractivity contribution in [3.63, 3.8) is 0 Å². The predicted molar refractivity (Wildman–Crippen MR) is 86.7 cm³/mol. The van der Waals surface area contributed by atoms with E-state index in [0.29, 0.717) is 0 Å². The van der Waals surface area contributed by atoms with Gasteiger partial charge >= 0.3 is 10.4 Å². The fraction of sp³-hybridized carbons (Fsp3) is 1.00. The molecule has 0 aromatic rings. The summed E-state index contributed by atoms with van der Waals surface area (Å²) in [6.45, 7) is 14.5. The van der Waals surface area contributed by atoms with Gasteiger partial charge in [-0.2, -0.15) is 8.42 Å². The summed E-state index contributed by atoms with van der Waals surface area (Å²) in [6, 6.07) is 0. The normalized spacial score (nSPS) is 34.0. The van der Waals surface area contributed by atoms with Crippen LogP contribution in [0.5, 0.6) is 0 Å². The van der Waals surface area contributed by atoms with Crippen LogP contribution in [0.1, 0.15) is 34.6 Å². The van der Waals surface area contributed by atoms with Gasteiger partial charge in [-0.25, -0.2) is 8.37 Å². The average molecular weight is 369 g/mol. The first-order chi connectivity index (χ1) is 10.2. The third-order valence-electron chi connectivity index (χ3n) is 4.65. The van der Waals surface area contributed by atoms with E-state index in [9.17, 15) is 8.42 Å². The van der Waals surface area contributed by atoms with Crippen LogP contribution in [0.4, 0.5) is 0 Å². The molecule has 0 aromatic carbocycles. The highest BCUT2D eigenvalue weighted by atomic mass is 32.3. The molecule has 9 heteroatoms. The summed E-state index contributed by atoms with van der Waals surface area (Å²) in [6.07, 6.45) is -1.99. The van der Waals surface area contributed by atoms with Crippen LogP contribution in [-0.4, -0.2) is 54.0 Å². The zero-order valence-corrected chi connectivity index (χ0v) is 16.7. The Labute approximate surface area is 140 Å². The van der Waals surface area contributed by atoms with Crippen molar-refractivity contribution >= 4 is 18.7 Å². The van der Waals surface area contributed by atoms with E-state index in [1.807, 2.05) is 0 Å². The van der Waals surface area contributed by atoms with Crippen LogP contribution in [0.15, 0.2) is 0 Å². The highest BCUT2D eigenvalue weighted by Crippen LogP contribution is 2.38. The molecule has 2 aliphatic heterocycles. The minimum absolute atomic E-state index is 0.0236. The minimum atomic E-state index is -4.02. The molecule has 0 N–H and O–H groups in total. The van der Waals surface area contributed by atoms with Gasteiger partial charge < -0.3 is 13.9 Å². The molecule has 2 aliphatic rings. The number of ether oxygens (including phenoxy) is 2. The Morgan fingerprint density at radius 2 is 1.83 bits per heavy atom. The van der Waals surface area contributed by atoms with E-state index in [1.54, 1.807) is 13.8 Å². The average Bonchev–Trinajstić information content (AvgIpc) is 2.85. The quantitative estimate of drug-likeness (QED) is 0.704. The summed E-state index contributed by atoms with van der Waals surface area (Å²) in [5.41, 5.74) is 0. The summed E-state index contributed by atoms with van der Waals surface area (Å²) >= 11 is 0. The second kappa shape index (κ2) is 6.05. The molecule has 3 atom stereocenters. The Balaban J connectivity index is 2.07. The second-order valence-electron chi connectivity index (χ2n) is 8.04. The lowest BCUT2D eigenvalue weighted by atomic mass is 10.1. The molecule has 0 amide bonds. The molecular formula is C14H28O7SSi. The maximum absolute atomic E-state index is 11.7. The molecule has 0 radical (unpaired) electrons. The first kappa shape index (κ1) is 19.3. The van der Waals surface area contributed by atoms with Crippen molar-refractivity contribution in [2.24, 2.45) is 0 Å². The molecule has 23 heavy (non-hydrogen) atoms. The second-order valence-corrected chi connectivity index (χ2v) is 14.1. The first-order valence-corrected chi connectivity index (χ1v) is 12.0. The first-order valence-electron chi connectivity index (χ1n) is 7.80. The largest absolute Gasteiger partial charge is 0.414 e. The monoisotopic (exact) mass is 368 g/mol. The van der Waals surface area contributed by atoms with Crippen molar-refractivity contribution in [3.05, 3.63) is 0 Å². The molecule has 136 valence electrons. The molecule has 0 aromatic heterocycles. The van der Waals surface area contributed by atoms with Crippen LogP contribution >= 0.6 is 0 Å². The Hall–Kier alpha value is -0.0331. The standard InChI is InChI=1S/C14H28O7SSi/c1-13(2,3)23(6,7)18-9-11-12(21-22(15,16)20-11)10-8-17-14(4,5)19-10/h10-12H,8-9H2,1-7H3/t10-,11-,12-/m1/s1. The number of hydrogen-bond acceptors (Lipinski definition) is 7. The lowest BCUT2D eigenvalue weighted by Gasteiger charge is -2.37. The van der Waals surface area contributed by atoms with Crippen molar-refractivity contribution in [2.75, 3.05) is 13.2 Å². The van der Waals surface area contributed by atoms with Gasteiger partial charge in [0.25, 0.3) is 0 Å². The van der Waals surface area contributed by atoms with Gasteiger partial charge in [-0.15, -0.1) is 0 Å². The molecule has 0 saturated carbocycles. The fourth-order valence-electron chi connectivity index (χ4n) is 2.24. The van der Waals surface area contributed by atoms with Gasteiger partial charge in [0, 0.05) is 0 Å². The van der Waals surface area contributed by atoms with Gasteiger partial charge in [0.15, 0.2) is 14.1 Å². The van der Waals surface area contributed by atoms with Gasteiger partial charge in [-0.3, -0.25) is 0 Å². The molecule has 0 spiro atoms. The molecule has 0 unspecified atom stereocenters. The lowest BCUT2D eigenvalue weighted by Crippen LogP contribution is -2.46. The van der Waals surface area contributed by atoms with Gasteiger partial charge in [-0.05, 0) is 32.0 Å². The SMILES string of the molecule is CC1(C)OC[C@H]([C@H]2OS(=O)(=O)O[C@@H]2CO[Si](C)(C)C(C)(C)C)O1. The predicted octanol–water partition coefficient (Wildman–Crippen LogP) is 2.19. The zero-order valence-electron chi connectivity index (χ0n) is 14.9. The summed E-state index contributed by atoms with van der Waals surface area (Å²) < 4.78 is 50.8. The van der Waals surface area contributed by atoms with Crippen LogP contribution in [-0.2, 0) is 32.7 Å². The topological polar surface area (TPSA) is 80.3 Å². The van der Waals surface area contributed by atoms with Crippen LogP contribution in [0.3, 0.4) is 0 Å². The van der Waals surface area contributed by atoms with Crippen molar-refractivity contribution in [1.82, 2.24) is 0 Å². The lowest BCUT2D eigenvalue weighted by molar-refractivity contribution is -0.151. The minimum Gasteiger partial charge on any atom is -0.414 e. The van der Waals surface area contributed by atoms with E-state index in [4.69, 9.17) is 22.3 Å². The molecule has 2 rings (SSSR count). The van der Waals surface area contributed by atoms with Crippen molar-refractivity contribution in [3.8, 4) is 0 Å². The van der Waals surface area contributed by atoms with Crippen LogP contribution in [0.25, 0.3) is 0 Å². The molecule has 2 heterocycles. The third kappa shape index (κ3) is 4.53. The van der Waals surface area contributed by atoms with Crippen molar-refractivity contribution in [2.45, 2.75) is 76.8 Å². The van der Waals surface area contributed by atoms with E-state index in [-0.39, 0.29) is 18.3 Å². The summed E-state index contributed by atoms with van der Waals surface area (Å²) in [5, 5.41) is 0.0236. The van der Waals surface area contributed by atoms with Crippen molar-refractivity contribution in [1.29, 1.82) is 0 Å². The van der Waals surface area contributed by atoms with E-state index in [1.165, 1.54) is 0 Å². The molecule has 2 fully saturated rings. The maximum Gasteiger partial charge on any atom is 0.400 e. The molecule has 7 nitrogen and oxygen atoms in total. The van der Waals surface area contributed by atoms with Crippen LogP contribution < -0.4 is 0 Å². The summed E-state index contributed by atoms with van der Waals surface area (Å²) in [4.78, 5) is 0. The third-order valence-corrected chi connectivity index (χ3v) is 10.1. The van der Waals surface area contributed by atoms with Crippen LogP contribution in [0.2, 0.25) is 18.1 Å². The molecular weight excluding hydrogens is 340 g/mol. The Kier molecular flexibility index (Phi) is 5.07. The summed E-state index contributed by atoms with van der Waals surface area (Å²) in [7, 11) is -6.04. The Bertz CT molecular complexity index is 538. The molecule has 2 saturated heterocycles. The molecule has 0 bridgehead atoms. The number of rotatable bonds is 4. The van der Waals surface area contributed by atoms with E-state index in [2.05, 4.69) is 33.9 Å². The maximum atomic E-state index is 11.7.